The second-order valence-corrected chi connectivity index (χ2v) is 19.3. The van der Waals surface area contributed by atoms with Crippen LogP contribution in [-0.2, 0) is 0 Å². The van der Waals surface area contributed by atoms with Gasteiger partial charge in [-0.2, -0.15) is 0 Å². The van der Waals surface area contributed by atoms with Crippen molar-refractivity contribution in [3.8, 4) is 0 Å². The van der Waals surface area contributed by atoms with Crippen LogP contribution in [0.5, 0.6) is 0 Å². The van der Waals surface area contributed by atoms with Gasteiger partial charge in [-0.05, 0) is 0 Å². The average Bonchev–Trinajstić information content (AvgIpc) is 1.19. The first kappa shape index (κ1) is 36.4. The smallest absolute Gasteiger partial charge is 1.00 e. The Morgan fingerprint density at radius 1 is 0.261 bits per heavy atom. The first-order chi connectivity index (χ1) is 7.35. The summed E-state index contributed by atoms with van der Waals surface area (Å²) in [6.45, 7) is 0. The molecule has 0 N–H and O–H groups in total. The number of rotatable bonds is 0. The van der Waals surface area contributed by atoms with Gasteiger partial charge in [0.15, 0.2) is 0 Å². The molecule has 0 aromatic carbocycles. The van der Waals surface area contributed by atoms with Crippen molar-refractivity contribution < 1.29 is 74.6 Å². The predicted octanol–water partition coefficient (Wildman–Crippen LogP) is 3.04. The maximum Gasteiger partial charge on any atom is 2.00 e. The number of hydrogen-bond acceptors (Lipinski definition) is 0. The summed E-state index contributed by atoms with van der Waals surface area (Å²) in [6.07, 6.45) is 0. The van der Waals surface area contributed by atoms with E-state index in [9.17, 15) is 50.6 Å². The first-order valence-electron chi connectivity index (χ1n) is 3.04. The summed E-state index contributed by atoms with van der Waals surface area (Å²) in [7, 11) is 0. The van der Waals surface area contributed by atoms with Gasteiger partial charge in [-0.1, -0.05) is 0 Å². The standard InChI is InChI=1S/18FH.Ge.I.3Sb/h18*1H;;;;;/q;;;;;;;;;;;;;;;;;;+2;+1;3*+5/p-18. The van der Waals surface area contributed by atoms with Crippen molar-refractivity contribution in [2.45, 2.75) is 0 Å². The molecular formula is F18GeISb3. The summed E-state index contributed by atoms with van der Waals surface area (Å²) in [6, 6.07) is 0. The molecule has 0 rings (SSSR count). The van der Waals surface area contributed by atoms with Gasteiger partial charge >= 0.3 is 151 Å². The Morgan fingerprint density at radius 3 is 0.261 bits per heavy atom. The van der Waals surface area contributed by atoms with Gasteiger partial charge in [0, 0.05) is 0 Å². The SMILES string of the molecule is [F][Sb-]([F])([F])([F])([F])[F].[F][Sb-]([F])([F])([F])([F])[F].[F][Sb-]([F])([F])([F])([F])[F].[Ge+2].[I+]. The van der Waals surface area contributed by atoms with Gasteiger partial charge in [0.05, 0.1) is 0 Å². The van der Waals surface area contributed by atoms with E-state index in [1.165, 1.54) is 0 Å². The van der Waals surface area contributed by atoms with Gasteiger partial charge in [-0.15, -0.1) is 0 Å². The van der Waals surface area contributed by atoms with Gasteiger partial charge in [-0.25, -0.2) is 0 Å². The minimum atomic E-state index is -11.2. The normalized spacial score (nSPS) is 21.1. The maximum atomic E-state index is 9.93. The Labute approximate surface area is 149 Å². The molecule has 0 saturated carbocycles. The van der Waals surface area contributed by atoms with Gasteiger partial charge < -0.3 is 0 Å². The van der Waals surface area contributed by atoms with Crippen LogP contribution in [0.2, 0.25) is 0 Å². The molecule has 0 spiro atoms. The predicted molar refractivity (Wildman–Crippen MR) is 43.0 cm³/mol. The van der Waals surface area contributed by atoms with Crippen molar-refractivity contribution >= 4 is 76.0 Å². The van der Waals surface area contributed by atoms with E-state index >= 15 is 0 Å². The van der Waals surface area contributed by atoms with Gasteiger partial charge in [-0.3, -0.25) is 0 Å². The van der Waals surface area contributed by atoms with E-state index in [2.05, 4.69) is 0 Å². The third kappa shape index (κ3) is 2030. The Morgan fingerprint density at radius 2 is 0.261 bits per heavy atom. The third-order valence-electron chi connectivity index (χ3n) is 0. The van der Waals surface area contributed by atoms with E-state index in [0.29, 0.717) is 0 Å². The molecule has 0 aliphatic heterocycles. The summed E-state index contributed by atoms with van der Waals surface area (Å²) < 4.78 is 179. The molecule has 0 nitrogen and oxygen atoms in total. The van der Waals surface area contributed by atoms with Crippen LogP contribution in [0.1, 0.15) is 0 Å². The van der Waals surface area contributed by atoms with E-state index in [0.717, 1.165) is 0 Å². The zero-order valence-electron chi connectivity index (χ0n) is 9.02. The second-order valence-electron chi connectivity index (χ2n) is 2.87. The van der Waals surface area contributed by atoms with E-state index < -0.39 is 58.4 Å². The molecule has 152 valence electrons. The van der Waals surface area contributed by atoms with Gasteiger partial charge in [0.2, 0.25) is 0 Å². The molecule has 0 saturated heterocycles. The first-order valence-corrected chi connectivity index (χ1v) is 20.4. The fourth-order valence-electron chi connectivity index (χ4n) is 0. The quantitative estimate of drug-likeness (QED) is 0.200. The molecule has 0 fully saturated rings. The molecular weight excluding hydrogens is 907 g/mol. The fraction of sp³-hybridized carbons (Fsp3) is 0. The van der Waals surface area contributed by atoms with Crippen LogP contribution in [0.15, 0.2) is 0 Å². The zero-order valence-corrected chi connectivity index (χ0v) is 20.9. The summed E-state index contributed by atoms with van der Waals surface area (Å²) in [4.78, 5) is 0. The molecule has 0 amide bonds. The molecule has 0 aliphatic carbocycles. The zero-order chi connectivity index (χ0) is 19.2. The van der Waals surface area contributed by atoms with E-state index in [4.69, 9.17) is 0 Å². The second kappa shape index (κ2) is 5.98. The summed E-state index contributed by atoms with van der Waals surface area (Å²) in [5.74, 6) is 0. The fourth-order valence-corrected chi connectivity index (χ4v) is 0. The van der Waals surface area contributed by atoms with Crippen LogP contribution in [0.25, 0.3) is 0 Å². The van der Waals surface area contributed by atoms with Crippen LogP contribution in [-0.4, -0.2) is 76.0 Å². The van der Waals surface area contributed by atoms with Crippen molar-refractivity contribution in [2.24, 2.45) is 0 Å². The monoisotopic (exact) mass is 906 g/mol. The summed E-state index contributed by atoms with van der Waals surface area (Å²) in [5.41, 5.74) is 0. The molecule has 0 aromatic heterocycles. The molecule has 0 heterocycles. The largest absolute Gasteiger partial charge is 2.00 e. The number of hydrogen-bond donors (Lipinski definition) is 0. The molecule has 0 aromatic rings. The molecule has 23 heteroatoms. The molecule has 4 radical (unpaired) electrons. The summed E-state index contributed by atoms with van der Waals surface area (Å²) in [5, 5.41) is 0. The molecule has 0 unspecified atom stereocenters. The Bertz CT molecular complexity index is 271. The van der Waals surface area contributed by atoms with E-state index in [-0.39, 0.29) is 41.6 Å². The van der Waals surface area contributed by atoms with Crippen molar-refractivity contribution in [3.05, 3.63) is 0 Å². The molecule has 0 aliphatic rings. The van der Waals surface area contributed by atoms with Crippen molar-refractivity contribution in [1.82, 2.24) is 0 Å². The minimum absolute atomic E-state index is 0. The molecule has 0 atom stereocenters. The Hall–Kier alpha value is 2.47. The van der Waals surface area contributed by atoms with Crippen LogP contribution in [0, 0.1) is 0 Å². The minimum Gasteiger partial charge on any atom is 1.00 e. The van der Waals surface area contributed by atoms with Crippen LogP contribution in [0.4, 0.5) is 50.6 Å². The van der Waals surface area contributed by atoms with E-state index in [1.54, 1.807) is 0 Å². The summed E-state index contributed by atoms with van der Waals surface area (Å²) >= 11 is -33.8. The van der Waals surface area contributed by atoms with Crippen LogP contribution < -0.4 is 24.0 Å². The van der Waals surface area contributed by atoms with Gasteiger partial charge in [0.1, 0.15) is 0 Å². The van der Waals surface area contributed by atoms with Crippen LogP contribution >= 0.6 is 0 Å². The van der Waals surface area contributed by atoms with Crippen LogP contribution in [0.3, 0.4) is 0 Å². The average molecular weight is 907 g/mol. The molecule has 23 heavy (non-hydrogen) atoms. The molecule has 0 bridgehead atoms. The van der Waals surface area contributed by atoms with Crippen molar-refractivity contribution in [1.29, 1.82) is 0 Å². The third-order valence-corrected chi connectivity index (χ3v) is 0. The Balaban J connectivity index is -0.0000000675. The van der Waals surface area contributed by atoms with E-state index in [1.807, 2.05) is 0 Å². The topological polar surface area (TPSA) is 0 Å². The Kier molecular flexibility index (Phi) is 9.46. The van der Waals surface area contributed by atoms with Crippen molar-refractivity contribution in [2.75, 3.05) is 0 Å². The van der Waals surface area contributed by atoms with Crippen molar-refractivity contribution in [3.63, 3.8) is 0 Å². The number of halogens is 19. The maximum absolute atomic E-state index is 11.2. The van der Waals surface area contributed by atoms with Gasteiger partial charge in [0.25, 0.3) is 0 Å².